The minimum atomic E-state index is 0.429. The van der Waals surface area contributed by atoms with Gasteiger partial charge in [-0.25, -0.2) is 0 Å². The van der Waals surface area contributed by atoms with Crippen LogP contribution in [0.15, 0.2) is 22.5 Å². The van der Waals surface area contributed by atoms with Gasteiger partial charge in [0.25, 0.3) is 0 Å². The van der Waals surface area contributed by atoms with Crippen molar-refractivity contribution in [3.8, 4) is 0 Å². The Hall–Kier alpha value is -0.720. The molecule has 2 N–H and O–H groups in total. The van der Waals surface area contributed by atoms with Gasteiger partial charge < -0.3 is 10.6 Å². The van der Waals surface area contributed by atoms with Crippen LogP contribution in [0.3, 0.4) is 0 Å². The van der Waals surface area contributed by atoms with Crippen LogP contribution in [0.1, 0.15) is 30.7 Å². The number of nitrogens with zero attached hydrogens (tertiary/aromatic N) is 2. The third kappa shape index (κ3) is 5.48. The summed E-state index contributed by atoms with van der Waals surface area (Å²) >= 11 is 3.70. The first-order valence-electron chi connectivity index (χ1n) is 8.13. The van der Waals surface area contributed by atoms with E-state index in [-0.39, 0.29) is 0 Å². The molecule has 1 aliphatic heterocycles. The summed E-state index contributed by atoms with van der Waals surface area (Å²) in [4.78, 5) is 8.86. The Bertz CT molecular complexity index is 427. The molecule has 0 amide bonds. The summed E-state index contributed by atoms with van der Waals surface area (Å²) in [5.41, 5.74) is 0. The van der Waals surface area contributed by atoms with Gasteiger partial charge in [0.15, 0.2) is 5.96 Å². The van der Waals surface area contributed by atoms with Crippen molar-refractivity contribution < 1.29 is 0 Å². The van der Waals surface area contributed by atoms with Crippen LogP contribution in [0.25, 0.3) is 0 Å². The molecule has 22 heavy (non-hydrogen) atoms. The van der Waals surface area contributed by atoms with E-state index in [1.807, 2.05) is 23.1 Å². The van der Waals surface area contributed by atoms with E-state index in [4.69, 9.17) is 4.99 Å². The molecule has 1 unspecified atom stereocenters. The number of guanidine groups is 1. The van der Waals surface area contributed by atoms with Gasteiger partial charge in [0.1, 0.15) is 0 Å². The number of nitrogens with one attached hydrogen (secondary N) is 2. The van der Waals surface area contributed by atoms with Crippen molar-refractivity contribution >= 4 is 29.1 Å². The molecular weight excluding hydrogens is 312 g/mol. The van der Waals surface area contributed by atoms with Crippen LogP contribution < -0.4 is 10.6 Å². The lowest BCUT2D eigenvalue weighted by molar-refractivity contribution is 0.255. The van der Waals surface area contributed by atoms with Gasteiger partial charge >= 0.3 is 0 Å². The van der Waals surface area contributed by atoms with E-state index >= 15 is 0 Å². The van der Waals surface area contributed by atoms with Crippen LogP contribution in [0.4, 0.5) is 0 Å². The van der Waals surface area contributed by atoms with Gasteiger partial charge in [-0.3, -0.25) is 9.89 Å². The Morgan fingerprint density at radius 2 is 2.23 bits per heavy atom. The van der Waals surface area contributed by atoms with E-state index in [2.05, 4.69) is 46.2 Å². The van der Waals surface area contributed by atoms with Crippen LogP contribution in [-0.2, 0) is 0 Å². The topological polar surface area (TPSA) is 39.7 Å². The lowest BCUT2D eigenvalue weighted by Crippen LogP contribution is -2.39. The monoisotopic (exact) mass is 340 g/mol. The molecule has 0 bridgehead atoms. The highest BCUT2D eigenvalue weighted by molar-refractivity contribution is 7.98. The molecule has 0 aromatic carbocycles. The van der Waals surface area contributed by atoms with Crippen molar-refractivity contribution in [3.05, 3.63) is 22.4 Å². The molecule has 1 fully saturated rings. The minimum absolute atomic E-state index is 0.429. The van der Waals surface area contributed by atoms with E-state index in [1.165, 1.54) is 30.8 Å². The Morgan fingerprint density at radius 3 is 2.86 bits per heavy atom. The number of aliphatic imine (C=N–C) groups is 1. The molecule has 0 aliphatic carbocycles. The molecule has 2 rings (SSSR count). The third-order valence-corrected chi connectivity index (χ3v) is 5.40. The van der Waals surface area contributed by atoms with E-state index in [1.54, 1.807) is 0 Å². The Labute approximate surface area is 142 Å². The predicted octanol–water partition coefficient (Wildman–Crippen LogP) is 2.80. The number of hydrogen-bond donors (Lipinski definition) is 2. The number of likely N-dealkylation sites (tertiary alicyclic amines) is 1. The maximum Gasteiger partial charge on any atom is 0.191 e. The van der Waals surface area contributed by atoms with Gasteiger partial charge in [-0.05, 0) is 50.6 Å². The highest BCUT2D eigenvalue weighted by atomic mass is 32.2. The number of thiophene rings is 1. The first-order valence-corrected chi connectivity index (χ1v) is 10.4. The second-order valence-corrected chi connectivity index (χ2v) is 7.38. The first kappa shape index (κ1) is 17.6. The fraction of sp³-hybridized carbons (Fsp3) is 0.688. The normalized spacial score (nSPS) is 17.6. The molecule has 1 aromatic heterocycles. The van der Waals surface area contributed by atoms with Gasteiger partial charge in [0.2, 0.25) is 0 Å². The predicted molar refractivity (Wildman–Crippen MR) is 100 cm³/mol. The number of rotatable bonds is 8. The molecule has 2 heterocycles. The standard InChI is InChI=1S/C16H28N4S2/c1-3-17-16(18-8-12-21-2)19-13-14(15-7-6-11-22-15)20-9-4-5-10-20/h6-7,11,14H,3-5,8-10,12-13H2,1-2H3,(H2,17,18,19). The smallest absolute Gasteiger partial charge is 0.191 e. The summed E-state index contributed by atoms with van der Waals surface area (Å²) < 4.78 is 0. The van der Waals surface area contributed by atoms with Gasteiger partial charge in [-0.1, -0.05) is 6.07 Å². The molecule has 0 radical (unpaired) electrons. The molecular formula is C16H28N4S2. The van der Waals surface area contributed by atoms with Crippen LogP contribution in [0.2, 0.25) is 0 Å². The Morgan fingerprint density at radius 1 is 1.41 bits per heavy atom. The average molecular weight is 341 g/mol. The van der Waals surface area contributed by atoms with Gasteiger partial charge in [0.05, 0.1) is 12.6 Å². The molecule has 4 nitrogen and oxygen atoms in total. The molecule has 0 saturated carbocycles. The molecule has 1 saturated heterocycles. The highest BCUT2D eigenvalue weighted by Crippen LogP contribution is 2.28. The van der Waals surface area contributed by atoms with Crippen LogP contribution in [0, 0.1) is 0 Å². The lowest BCUT2D eigenvalue weighted by atomic mass is 10.2. The van der Waals surface area contributed by atoms with Crippen molar-refractivity contribution in [2.24, 2.45) is 4.99 Å². The fourth-order valence-electron chi connectivity index (χ4n) is 2.71. The van der Waals surface area contributed by atoms with E-state index in [0.29, 0.717) is 6.04 Å². The maximum atomic E-state index is 4.84. The number of hydrogen-bond acceptors (Lipinski definition) is 4. The van der Waals surface area contributed by atoms with E-state index in [9.17, 15) is 0 Å². The number of thioether (sulfide) groups is 1. The summed E-state index contributed by atoms with van der Waals surface area (Å²) in [6, 6.07) is 4.82. The highest BCUT2D eigenvalue weighted by Gasteiger charge is 2.24. The zero-order chi connectivity index (χ0) is 15.6. The molecule has 1 aromatic rings. The Balaban J connectivity index is 1.99. The Kier molecular flexibility index (Phi) is 8.12. The lowest BCUT2D eigenvalue weighted by Gasteiger charge is -2.25. The molecule has 1 aliphatic rings. The second kappa shape index (κ2) is 10.1. The molecule has 6 heteroatoms. The van der Waals surface area contributed by atoms with Crippen molar-refractivity contribution in [2.75, 3.05) is 44.7 Å². The van der Waals surface area contributed by atoms with E-state index in [0.717, 1.165) is 31.3 Å². The van der Waals surface area contributed by atoms with Crippen molar-refractivity contribution in [1.29, 1.82) is 0 Å². The summed E-state index contributed by atoms with van der Waals surface area (Å²) in [5.74, 6) is 2.04. The van der Waals surface area contributed by atoms with Crippen molar-refractivity contribution in [2.45, 2.75) is 25.8 Å². The fourth-order valence-corrected chi connectivity index (χ4v) is 3.87. The zero-order valence-corrected chi connectivity index (χ0v) is 15.3. The molecule has 1 atom stereocenters. The van der Waals surface area contributed by atoms with Crippen LogP contribution in [-0.4, -0.2) is 55.6 Å². The van der Waals surface area contributed by atoms with E-state index < -0.39 is 0 Å². The second-order valence-electron chi connectivity index (χ2n) is 5.41. The maximum absolute atomic E-state index is 4.84. The SMILES string of the molecule is CCNC(=NCC(c1cccs1)N1CCCC1)NCCSC. The average Bonchev–Trinajstić information content (AvgIpc) is 3.21. The summed E-state index contributed by atoms with van der Waals surface area (Å²) in [7, 11) is 0. The zero-order valence-electron chi connectivity index (χ0n) is 13.7. The largest absolute Gasteiger partial charge is 0.357 e. The first-order chi connectivity index (χ1) is 10.8. The summed E-state index contributed by atoms with van der Waals surface area (Å²) in [5, 5.41) is 8.93. The van der Waals surface area contributed by atoms with Gasteiger partial charge in [0, 0.05) is 23.7 Å². The van der Waals surface area contributed by atoms with Gasteiger partial charge in [-0.2, -0.15) is 11.8 Å². The third-order valence-electron chi connectivity index (χ3n) is 3.82. The molecule has 0 spiro atoms. The van der Waals surface area contributed by atoms with Crippen LogP contribution in [0.5, 0.6) is 0 Å². The van der Waals surface area contributed by atoms with Crippen molar-refractivity contribution in [3.63, 3.8) is 0 Å². The summed E-state index contributed by atoms with van der Waals surface area (Å²) in [6.07, 6.45) is 4.77. The van der Waals surface area contributed by atoms with Crippen molar-refractivity contribution in [1.82, 2.24) is 15.5 Å². The van der Waals surface area contributed by atoms with Crippen LogP contribution >= 0.6 is 23.1 Å². The minimum Gasteiger partial charge on any atom is -0.357 e. The quantitative estimate of drug-likeness (QED) is 0.434. The van der Waals surface area contributed by atoms with Gasteiger partial charge in [-0.15, -0.1) is 11.3 Å². The summed E-state index contributed by atoms with van der Waals surface area (Å²) in [6.45, 7) is 7.21. The molecule has 124 valence electrons.